The number of para-hydroxylation sites is 1. The van der Waals surface area contributed by atoms with Crippen molar-refractivity contribution in [3.8, 4) is 0 Å². The van der Waals surface area contributed by atoms with Crippen molar-refractivity contribution < 1.29 is 14.3 Å². The first-order chi connectivity index (χ1) is 12.6. The average molecular weight is 356 g/mol. The molecule has 0 aliphatic carbocycles. The number of amides is 1. The molecule has 5 heteroatoms. The van der Waals surface area contributed by atoms with E-state index in [0.717, 1.165) is 43.6 Å². The van der Waals surface area contributed by atoms with Crippen LogP contribution in [0.5, 0.6) is 0 Å². The van der Waals surface area contributed by atoms with Crippen LogP contribution in [0.15, 0.2) is 24.3 Å². The Balaban J connectivity index is 1.43. The molecule has 5 nitrogen and oxygen atoms in total. The number of aromatic amines is 1. The van der Waals surface area contributed by atoms with Crippen molar-refractivity contribution >= 4 is 16.8 Å². The van der Waals surface area contributed by atoms with Crippen molar-refractivity contribution in [1.29, 1.82) is 0 Å². The maximum Gasteiger partial charge on any atom is 0.251 e. The zero-order valence-corrected chi connectivity index (χ0v) is 15.7. The number of nitrogens with one attached hydrogen (secondary N) is 1. The number of rotatable bonds is 4. The first-order valence-electron chi connectivity index (χ1n) is 9.78. The molecular weight excluding hydrogens is 328 g/mol. The number of fused-ring (bicyclic) bond motifs is 3. The predicted molar refractivity (Wildman–Crippen MR) is 101 cm³/mol. The Morgan fingerprint density at radius 1 is 1.38 bits per heavy atom. The van der Waals surface area contributed by atoms with Gasteiger partial charge in [0.05, 0.1) is 18.8 Å². The van der Waals surface area contributed by atoms with Gasteiger partial charge in [0.15, 0.2) is 0 Å². The Bertz CT molecular complexity index is 779. The summed E-state index contributed by atoms with van der Waals surface area (Å²) in [5, 5.41) is 1.28. The van der Waals surface area contributed by atoms with Gasteiger partial charge >= 0.3 is 0 Å². The van der Waals surface area contributed by atoms with Crippen LogP contribution in [-0.4, -0.2) is 47.8 Å². The van der Waals surface area contributed by atoms with Crippen molar-refractivity contribution in [3.63, 3.8) is 0 Å². The third kappa shape index (κ3) is 3.26. The fraction of sp³-hybridized carbons (Fsp3) is 0.571. The van der Waals surface area contributed by atoms with Crippen LogP contribution in [0.4, 0.5) is 0 Å². The molecule has 0 bridgehead atoms. The summed E-state index contributed by atoms with van der Waals surface area (Å²) in [6.45, 7) is 6.01. The number of ether oxygens (including phenoxy) is 2. The van der Waals surface area contributed by atoms with Crippen LogP contribution in [0.1, 0.15) is 50.4 Å². The van der Waals surface area contributed by atoms with E-state index in [1.54, 1.807) is 0 Å². The maximum atomic E-state index is 13.0. The monoisotopic (exact) mass is 356 g/mol. The van der Waals surface area contributed by atoms with Crippen LogP contribution in [-0.2, 0) is 20.7 Å². The Morgan fingerprint density at radius 3 is 3.04 bits per heavy atom. The number of carbonyl (C=O) groups excluding carboxylic acids is 1. The molecule has 1 saturated heterocycles. The SMILES string of the molecule is C[C@H](OC[C@H]1CCCCO1)C(=O)N1CCc2c([nH]c3ccccc23)[C@H]1C. The lowest BCUT2D eigenvalue weighted by Crippen LogP contribution is -2.44. The summed E-state index contributed by atoms with van der Waals surface area (Å²) >= 11 is 0. The number of benzene rings is 1. The van der Waals surface area contributed by atoms with Crippen LogP contribution in [0.2, 0.25) is 0 Å². The molecule has 2 aromatic rings. The Kier molecular flexibility index (Phi) is 5.00. The molecule has 1 N–H and O–H groups in total. The van der Waals surface area contributed by atoms with Crippen molar-refractivity contribution in [2.75, 3.05) is 19.8 Å². The smallest absolute Gasteiger partial charge is 0.251 e. The van der Waals surface area contributed by atoms with Gasteiger partial charge in [-0.25, -0.2) is 0 Å². The average Bonchev–Trinajstić information content (AvgIpc) is 3.06. The topological polar surface area (TPSA) is 54.6 Å². The summed E-state index contributed by atoms with van der Waals surface area (Å²) in [5.41, 5.74) is 3.66. The second-order valence-electron chi connectivity index (χ2n) is 7.48. The van der Waals surface area contributed by atoms with Crippen molar-refractivity contribution in [2.24, 2.45) is 0 Å². The van der Waals surface area contributed by atoms with Crippen LogP contribution >= 0.6 is 0 Å². The van der Waals surface area contributed by atoms with E-state index in [-0.39, 0.29) is 18.1 Å². The summed E-state index contributed by atoms with van der Waals surface area (Å²) in [6.07, 6.45) is 3.92. The minimum atomic E-state index is -0.436. The highest BCUT2D eigenvalue weighted by atomic mass is 16.5. The number of aromatic nitrogens is 1. The fourth-order valence-electron chi connectivity index (χ4n) is 4.22. The number of carbonyl (C=O) groups is 1. The molecule has 3 atom stereocenters. The minimum Gasteiger partial charge on any atom is -0.376 e. The zero-order chi connectivity index (χ0) is 18.1. The van der Waals surface area contributed by atoms with Crippen molar-refractivity contribution in [2.45, 2.75) is 57.8 Å². The van der Waals surface area contributed by atoms with E-state index in [2.05, 4.69) is 30.1 Å². The number of nitrogens with zero attached hydrogens (tertiary/aromatic N) is 1. The highest BCUT2D eigenvalue weighted by Crippen LogP contribution is 2.34. The Hall–Kier alpha value is -1.85. The number of H-pyrrole nitrogens is 1. The van der Waals surface area contributed by atoms with Crippen molar-refractivity contribution in [1.82, 2.24) is 9.88 Å². The quantitative estimate of drug-likeness (QED) is 0.911. The molecule has 0 unspecified atom stereocenters. The summed E-state index contributed by atoms with van der Waals surface area (Å²) in [4.78, 5) is 18.4. The molecule has 1 aromatic carbocycles. The lowest BCUT2D eigenvalue weighted by Gasteiger charge is -2.35. The molecule has 3 heterocycles. The van der Waals surface area contributed by atoms with E-state index in [0.29, 0.717) is 6.61 Å². The molecule has 26 heavy (non-hydrogen) atoms. The first kappa shape index (κ1) is 17.6. The normalized spacial score (nSPS) is 24.5. The molecule has 0 radical (unpaired) electrons. The van der Waals surface area contributed by atoms with Crippen LogP contribution in [0.25, 0.3) is 10.9 Å². The van der Waals surface area contributed by atoms with E-state index in [1.807, 2.05) is 17.9 Å². The van der Waals surface area contributed by atoms with Crippen LogP contribution in [0.3, 0.4) is 0 Å². The molecule has 2 aliphatic heterocycles. The van der Waals surface area contributed by atoms with E-state index in [9.17, 15) is 4.79 Å². The molecule has 1 fully saturated rings. The molecule has 0 spiro atoms. The van der Waals surface area contributed by atoms with Gasteiger partial charge in [-0.1, -0.05) is 18.2 Å². The van der Waals surface area contributed by atoms with Crippen LogP contribution in [0, 0.1) is 0 Å². The molecule has 4 rings (SSSR count). The molecule has 2 aliphatic rings. The summed E-state index contributed by atoms with van der Waals surface area (Å²) in [5.74, 6) is 0.0672. The van der Waals surface area contributed by atoms with E-state index in [4.69, 9.17) is 9.47 Å². The second kappa shape index (κ2) is 7.41. The number of hydrogen-bond acceptors (Lipinski definition) is 3. The van der Waals surface area contributed by atoms with E-state index < -0.39 is 6.10 Å². The lowest BCUT2D eigenvalue weighted by atomic mass is 9.98. The highest BCUT2D eigenvalue weighted by Gasteiger charge is 2.33. The van der Waals surface area contributed by atoms with Gasteiger partial charge in [-0.2, -0.15) is 0 Å². The van der Waals surface area contributed by atoms with E-state index >= 15 is 0 Å². The molecule has 1 amide bonds. The van der Waals surface area contributed by atoms with Gasteiger partial charge in [0.1, 0.15) is 6.10 Å². The van der Waals surface area contributed by atoms with Gasteiger partial charge in [0.2, 0.25) is 0 Å². The molecule has 140 valence electrons. The molecule has 0 saturated carbocycles. The summed E-state index contributed by atoms with van der Waals surface area (Å²) < 4.78 is 11.6. The number of hydrogen-bond donors (Lipinski definition) is 1. The third-order valence-electron chi connectivity index (χ3n) is 5.77. The summed E-state index contributed by atoms with van der Waals surface area (Å²) in [6, 6.07) is 8.41. The van der Waals surface area contributed by atoms with Gasteiger partial charge in [-0.3, -0.25) is 4.79 Å². The Labute approximate surface area is 154 Å². The van der Waals surface area contributed by atoms with Gasteiger partial charge in [-0.05, 0) is 51.2 Å². The Morgan fingerprint density at radius 2 is 2.23 bits per heavy atom. The zero-order valence-electron chi connectivity index (χ0n) is 15.7. The van der Waals surface area contributed by atoms with Crippen LogP contribution < -0.4 is 0 Å². The standard InChI is InChI=1S/C21H28N2O3/c1-14-20-18(17-8-3-4-9-19(17)22-20)10-11-23(14)21(24)15(2)26-13-16-7-5-6-12-25-16/h3-4,8-9,14-16,22H,5-7,10-13H2,1-2H3/t14-,15+,16-/m1/s1. The maximum absolute atomic E-state index is 13.0. The van der Waals surface area contributed by atoms with Gasteiger partial charge in [0.25, 0.3) is 5.91 Å². The molecule has 1 aromatic heterocycles. The lowest BCUT2D eigenvalue weighted by molar-refractivity contribution is -0.148. The van der Waals surface area contributed by atoms with Gasteiger partial charge < -0.3 is 19.4 Å². The van der Waals surface area contributed by atoms with Gasteiger partial charge in [0, 0.05) is 29.7 Å². The molecular formula is C21H28N2O3. The highest BCUT2D eigenvalue weighted by molar-refractivity contribution is 5.86. The minimum absolute atomic E-state index is 0.0376. The largest absolute Gasteiger partial charge is 0.376 e. The first-order valence-corrected chi connectivity index (χ1v) is 9.78. The summed E-state index contributed by atoms with van der Waals surface area (Å²) in [7, 11) is 0. The van der Waals surface area contributed by atoms with Gasteiger partial charge in [-0.15, -0.1) is 0 Å². The second-order valence-corrected chi connectivity index (χ2v) is 7.48. The van der Waals surface area contributed by atoms with E-state index in [1.165, 1.54) is 17.4 Å². The third-order valence-corrected chi connectivity index (χ3v) is 5.77. The predicted octanol–water partition coefficient (Wildman–Crippen LogP) is 3.59. The van der Waals surface area contributed by atoms with Crippen molar-refractivity contribution in [3.05, 3.63) is 35.5 Å². The fourth-order valence-corrected chi connectivity index (χ4v) is 4.22.